The first-order valence-corrected chi connectivity index (χ1v) is 7.64. The van der Waals surface area contributed by atoms with Gasteiger partial charge >= 0.3 is 5.97 Å². The van der Waals surface area contributed by atoms with Crippen LogP contribution in [0, 0.1) is 13.7 Å². The highest BCUT2D eigenvalue weighted by Crippen LogP contribution is 2.21. The first-order valence-electron chi connectivity index (χ1n) is 6.56. The molecule has 0 saturated carbocycles. The zero-order chi connectivity index (χ0) is 16.4. The van der Waals surface area contributed by atoms with E-state index in [1.54, 1.807) is 12.1 Å². The number of non-ortho nitro benzene ring substituents is 1. The Bertz CT molecular complexity index is 857. The Morgan fingerprint density at radius 1 is 1.17 bits per heavy atom. The Morgan fingerprint density at radius 2 is 1.91 bits per heavy atom. The van der Waals surface area contributed by atoms with Crippen molar-refractivity contribution in [2.45, 2.75) is 0 Å². The Morgan fingerprint density at radius 3 is 2.61 bits per heavy atom. The van der Waals surface area contributed by atoms with E-state index in [4.69, 9.17) is 4.74 Å². The second kappa shape index (κ2) is 6.29. The van der Waals surface area contributed by atoms with Crippen molar-refractivity contribution >= 4 is 46.2 Å². The molecule has 7 heteroatoms. The number of benzene rings is 2. The predicted octanol–water partition coefficient (Wildman–Crippen LogP) is 3.54. The molecular formula is C16H9IN2O4. The molecule has 6 nitrogen and oxygen atoms in total. The number of nitrogens with zero attached hydrogens (tertiary/aromatic N) is 2. The highest BCUT2D eigenvalue weighted by molar-refractivity contribution is 14.1. The molecule has 0 bridgehead atoms. The van der Waals surface area contributed by atoms with Crippen molar-refractivity contribution in [3.05, 3.63) is 79.0 Å². The number of ether oxygens (including phenoxy) is 1. The van der Waals surface area contributed by atoms with E-state index in [0.29, 0.717) is 5.56 Å². The van der Waals surface area contributed by atoms with Crippen molar-refractivity contribution < 1.29 is 14.5 Å². The zero-order valence-corrected chi connectivity index (χ0v) is 13.8. The van der Waals surface area contributed by atoms with Crippen LogP contribution >= 0.6 is 22.6 Å². The van der Waals surface area contributed by atoms with Gasteiger partial charge in [-0.1, -0.05) is 18.2 Å². The summed E-state index contributed by atoms with van der Waals surface area (Å²) in [4.78, 5) is 26.3. The summed E-state index contributed by atoms with van der Waals surface area (Å²) in [6.45, 7) is 0. The first-order chi connectivity index (χ1) is 11.0. The van der Waals surface area contributed by atoms with Gasteiger partial charge in [-0.15, -0.1) is 0 Å². The van der Waals surface area contributed by atoms with E-state index in [-0.39, 0.29) is 17.3 Å². The Balaban J connectivity index is 1.93. The first kappa shape index (κ1) is 15.3. The number of hydrogen-bond acceptors (Lipinski definition) is 5. The molecule has 0 aliphatic carbocycles. The fourth-order valence-electron chi connectivity index (χ4n) is 2.00. The van der Waals surface area contributed by atoms with Crippen LogP contribution < -0.4 is 0 Å². The van der Waals surface area contributed by atoms with Crippen molar-refractivity contribution in [2.75, 3.05) is 0 Å². The third-order valence-electron chi connectivity index (χ3n) is 3.10. The fourth-order valence-corrected chi connectivity index (χ4v) is 2.36. The summed E-state index contributed by atoms with van der Waals surface area (Å²) in [7, 11) is 0. The van der Waals surface area contributed by atoms with Gasteiger partial charge in [-0.2, -0.15) is 0 Å². The number of rotatable bonds is 3. The molecule has 0 atom stereocenters. The monoisotopic (exact) mass is 420 g/mol. The van der Waals surface area contributed by atoms with E-state index in [1.165, 1.54) is 18.2 Å². The smallest absolute Gasteiger partial charge is 0.363 e. The summed E-state index contributed by atoms with van der Waals surface area (Å²) in [5, 5.41) is 10.8. The number of carbonyl (C=O) groups excluding carboxylic acids is 1. The van der Waals surface area contributed by atoms with Gasteiger partial charge in [-0.3, -0.25) is 10.1 Å². The number of carbonyl (C=O) groups is 1. The van der Waals surface area contributed by atoms with E-state index >= 15 is 0 Å². The number of nitro groups is 1. The van der Waals surface area contributed by atoms with Gasteiger partial charge in [0.1, 0.15) is 0 Å². The predicted molar refractivity (Wildman–Crippen MR) is 92.9 cm³/mol. The van der Waals surface area contributed by atoms with Crippen LogP contribution in [-0.4, -0.2) is 16.8 Å². The van der Waals surface area contributed by atoms with Gasteiger partial charge in [-0.25, -0.2) is 9.79 Å². The molecule has 114 valence electrons. The van der Waals surface area contributed by atoms with Gasteiger partial charge in [0.25, 0.3) is 5.69 Å². The summed E-state index contributed by atoms with van der Waals surface area (Å²) in [5.74, 6) is -0.513. The quantitative estimate of drug-likeness (QED) is 0.250. The SMILES string of the molecule is O=C1OC(c2cccc([N+](=O)[O-])c2)=NC1=Cc1ccc(I)cc1. The topological polar surface area (TPSA) is 81.8 Å². The minimum atomic E-state index is -0.579. The van der Waals surface area contributed by atoms with Crippen LogP contribution in [0.1, 0.15) is 11.1 Å². The van der Waals surface area contributed by atoms with Crippen LogP contribution in [0.2, 0.25) is 0 Å². The van der Waals surface area contributed by atoms with E-state index in [1.807, 2.05) is 24.3 Å². The highest BCUT2D eigenvalue weighted by atomic mass is 127. The summed E-state index contributed by atoms with van der Waals surface area (Å²) in [6.07, 6.45) is 1.61. The summed E-state index contributed by atoms with van der Waals surface area (Å²) in [6, 6.07) is 13.4. The molecule has 0 saturated heterocycles. The number of cyclic esters (lactones) is 1. The van der Waals surface area contributed by atoms with Gasteiger partial charge in [0.15, 0.2) is 5.70 Å². The molecule has 2 aromatic carbocycles. The second-order valence-corrected chi connectivity index (χ2v) is 5.94. The molecule has 0 amide bonds. The van der Waals surface area contributed by atoms with Gasteiger partial charge < -0.3 is 4.74 Å². The standard InChI is InChI=1S/C16H9IN2O4/c17-12-6-4-10(5-7-12)8-14-16(20)23-15(18-14)11-2-1-3-13(9-11)19(21)22/h1-9H. The van der Waals surface area contributed by atoms with Gasteiger partial charge in [0, 0.05) is 21.3 Å². The summed E-state index contributed by atoms with van der Waals surface area (Å²) in [5.41, 5.74) is 1.28. The summed E-state index contributed by atoms with van der Waals surface area (Å²) < 4.78 is 6.19. The maximum atomic E-state index is 11.9. The van der Waals surface area contributed by atoms with E-state index in [2.05, 4.69) is 27.6 Å². The molecule has 23 heavy (non-hydrogen) atoms. The molecule has 0 aromatic heterocycles. The van der Waals surface area contributed by atoms with Crippen molar-refractivity contribution in [3.63, 3.8) is 0 Å². The van der Waals surface area contributed by atoms with Crippen molar-refractivity contribution in [3.8, 4) is 0 Å². The molecule has 0 unspecified atom stereocenters. The molecule has 3 rings (SSSR count). The molecule has 0 fully saturated rings. The average Bonchev–Trinajstić information content (AvgIpc) is 2.91. The van der Waals surface area contributed by atoms with Crippen molar-refractivity contribution in [1.82, 2.24) is 0 Å². The van der Waals surface area contributed by atoms with E-state index < -0.39 is 10.9 Å². The third-order valence-corrected chi connectivity index (χ3v) is 3.82. The average molecular weight is 420 g/mol. The molecule has 1 heterocycles. The zero-order valence-electron chi connectivity index (χ0n) is 11.6. The van der Waals surface area contributed by atoms with Gasteiger partial charge in [0.05, 0.1) is 4.92 Å². The minimum Gasteiger partial charge on any atom is -0.402 e. The molecule has 2 aromatic rings. The van der Waals surface area contributed by atoms with Crippen LogP contribution in [0.3, 0.4) is 0 Å². The lowest BCUT2D eigenvalue weighted by molar-refractivity contribution is -0.384. The van der Waals surface area contributed by atoms with Crippen molar-refractivity contribution in [1.29, 1.82) is 0 Å². The number of nitro benzene ring substituents is 1. The third kappa shape index (κ3) is 3.45. The normalized spacial score (nSPS) is 15.4. The largest absolute Gasteiger partial charge is 0.402 e. The number of esters is 1. The Kier molecular flexibility index (Phi) is 4.20. The van der Waals surface area contributed by atoms with Gasteiger partial charge in [0.2, 0.25) is 5.90 Å². The van der Waals surface area contributed by atoms with Crippen LogP contribution in [0.15, 0.2) is 59.2 Å². The second-order valence-electron chi connectivity index (χ2n) is 4.70. The molecule has 0 N–H and O–H groups in total. The van der Waals surface area contributed by atoms with Gasteiger partial charge in [-0.05, 0) is 52.4 Å². The number of aliphatic imine (C=N–C) groups is 1. The maximum Gasteiger partial charge on any atom is 0.363 e. The van der Waals surface area contributed by atoms with E-state index in [0.717, 1.165) is 9.13 Å². The van der Waals surface area contributed by atoms with Crippen LogP contribution in [0.25, 0.3) is 6.08 Å². The highest BCUT2D eigenvalue weighted by Gasteiger charge is 2.25. The van der Waals surface area contributed by atoms with Crippen molar-refractivity contribution in [2.24, 2.45) is 4.99 Å². The van der Waals surface area contributed by atoms with Crippen LogP contribution in [0.5, 0.6) is 0 Å². The fraction of sp³-hybridized carbons (Fsp3) is 0. The van der Waals surface area contributed by atoms with E-state index in [9.17, 15) is 14.9 Å². The lowest BCUT2D eigenvalue weighted by Crippen LogP contribution is -2.05. The molecular weight excluding hydrogens is 411 g/mol. The molecule has 0 spiro atoms. The minimum absolute atomic E-state index is 0.0652. The van der Waals surface area contributed by atoms with Crippen LogP contribution in [-0.2, 0) is 9.53 Å². The molecule has 1 aliphatic rings. The molecule has 1 aliphatic heterocycles. The lowest BCUT2D eigenvalue weighted by atomic mass is 10.2. The Labute approximate surface area is 144 Å². The molecule has 0 radical (unpaired) electrons. The Hall–Kier alpha value is -2.55. The lowest BCUT2D eigenvalue weighted by Gasteiger charge is -1.98. The number of halogens is 1. The maximum absolute atomic E-state index is 11.9. The summed E-state index contributed by atoms with van der Waals surface area (Å²) >= 11 is 2.19. The number of hydrogen-bond donors (Lipinski definition) is 0. The van der Waals surface area contributed by atoms with Crippen LogP contribution in [0.4, 0.5) is 5.69 Å².